The maximum atomic E-state index is 13.3. The van der Waals surface area contributed by atoms with Crippen LogP contribution in [0, 0.1) is 11.8 Å². The quantitative estimate of drug-likeness (QED) is 0.622. The number of benzene rings is 2. The molecular weight excluding hydrogens is 385 g/mol. The summed E-state index contributed by atoms with van der Waals surface area (Å²) in [6.45, 7) is 1.54. The Morgan fingerprint density at radius 2 is 1.93 bits per heavy atom. The Bertz CT molecular complexity index is 1190. The summed E-state index contributed by atoms with van der Waals surface area (Å²) in [4.78, 5) is 26.7. The number of ether oxygens (including phenoxy) is 1. The fraction of sp³-hybridized carbons (Fsp3) is 0.143. The monoisotopic (exact) mass is 400 g/mol. The number of halogens is 3. The molecule has 0 radical (unpaired) electrons. The highest BCUT2D eigenvalue weighted by atomic mass is 19.4. The highest BCUT2D eigenvalue weighted by molar-refractivity contribution is 5.92. The molecule has 1 aromatic heterocycles. The molecule has 0 saturated carbocycles. The molecule has 8 heteroatoms. The summed E-state index contributed by atoms with van der Waals surface area (Å²) in [5.74, 6) is 5.15. The van der Waals surface area contributed by atoms with E-state index in [1.807, 2.05) is 0 Å². The van der Waals surface area contributed by atoms with Crippen molar-refractivity contribution in [3.05, 3.63) is 64.4 Å². The second kappa shape index (κ2) is 8.10. The second-order valence-electron chi connectivity index (χ2n) is 5.99. The number of carbonyl (C=O) groups is 1. The van der Waals surface area contributed by atoms with Gasteiger partial charge in [0, 0.05) is 22.3 Å². The Balaban J connectivity index is 1.97. The standard InChI is InChI=1S/C21H15F3N2O3/c1-2-3-10-29-20(28)25-14-9-8-13-11-18(26-19(27)16(13)12-14)15-6-4-5-7-17(15)21(22,23)24/h4-9,11-12H,10H2,1H3,(H,25,28)(H,26,27). The topological polar surface area (TPSA) is 71.2 Å². The van der Waals surface area contributed by atoms with Crippen molar-refractivity contribution in [3.8, 4) is 23.1 Å². The summed E-state index contributed by atoms with van der Waals surface area (Å²) in [7, 11) is 0. The molecule has 0 unspecified atom stereocenters. The molecule has 0 fully saturated rings. The van der Waals surface area contributed by atoms with Crippen molar-refractivity contribution in [3.63, 3.8) is 0 Å². The molecular formula is C21H15F3N2O3. The minimum atomic E-state index is -4.56. The van der Waals surface area contributed by atoms with Crippen LogP contribution in [0.4, 0.5) is 23.7 Å². The Morgan fingerprint density at radius 1 is 1.17 bits per heavy atom. The average Bonchev–Trinajstić information content (AvgIpc) is 2.68. The lowest BCUT2D eigenvalue weighted by molar-refractivity contribution is -0.137. The van der Waals surface area contributed by atoms with E-state index in [-0.39, 0.29) is 23.3 Å². The van der Waals surface area contributed by atoms with Gasteiger partial charge in [0.2, 0.25) is 0 Å². The Morgan fingerprint density at radius 3 is 2.66 bits per heavy atom. The number of aromatic nitrogens is 1. The van der Waals surface area contributed by atoms with Crippen molar-refractivity contribution in [1.82, 2.24) is 4.98 Å². The maximum absolute atomic E-state index is 13.3. The van der Waals surface area contributed by atoms with Crippen molar-refractivity contribution in [1.29, 1.82) is 0 Å². The smallest absolute Gasteiger partial charge is 0.417 e. The summed E-state index contributed by atoms with van der Waals surface area (Å²) < 4.78 is 44.7. The predicted octanol–water partition coefficient (Wildman–Crippen LogP) is 4.79. The van der Waals surface area contributed by atoms with E-state index in [0.717, 1.165) is 6.07 Å². The Labute approximate surface area is 163 Å². The number of fused-ring (bicyclic) bond motifs is 1. The van der Waals surface area contributed by atoms with Crippen molar-refractivity contribution in [2.24, 2.45) is 0 Å². The van der Waals surface area contributed by atoms with Crippen LogP contribution in [0.1, 0.15) is 12.5 Å². The molecule has 2 aromatic carbocycles. The Kier molecular flexibility index (Phi) is 5.59. The fourth-order valence-corrected chi connectivity index (χ4v) is 2.78. The van der Waals surface area contributed by atoms with Gasteiger partial charge in [-0.2, -0.15) is 13.2 Å². The number of alkyl halides is 3. The molecule has 0 bridgehead atoms. The van der Waals surface area contributed by atoms with Gasteiger partial charge in [-0.15, -0.1) is 5.92 Å². The number of nitrogens with one attached hydrogen (secondary N) is 2. The van der Waals surface area contributed by atoms with Gasteiger partial charge in [-0.1, -0.05) is 30.2 Å². The van der Waals surface area contributed by atoms with E-state index in [9.17, 15) is 22.8 Å². The van der Waals surface area contributed by atoms with Gasteiger partial charge < -0.3 is 9.72 Å². The SMILES string of the molecule is CC#CCOC(=O)Nc1ccc2cc(-c3ccccc3C(F)(F)F)[nH]c(=O)c2c1. The summed E-state index contributed by atoms with van der Waals surface area (Å²) in [5.41, 5.74) is -1.19. The van der Waals surface area contributed by atoms with Gasteiger partial charge in [0.05, 0.1) is 5.56 Å². The van der Waals surface area contributed by atoms with Crippen molar-refractivity contribution in [2.45, 2.75) is 13.1 Å². The molecule has 1 amide bonds. The number of aromatic amines is 1. The molecule has 0 saturated heterocycles. The number of pyridine rings is 1. The van der Waals surface area contributed by atoms with Crippen molar-refractivity contribution in [2.75, 3.05) is 11.9 Å². The molecule has 0 aliphatic heterocycles. The number of rotatable bonds is 3. The van der Waals surface area contributed by atoms with Gasteiger partial charge in [-0.3, -0.25) is 10.1 Å². The first-order chi connectivity index (χ1) is 13.8. The van der Waals surface area contributed by atoms with Crippen LogP contribution in [-0.4, -0.2) is 17.7 Å². The Hall–Kier alpha value is -3.73. The lowest BCUT2D eigenvalue weighted by Gasteiger charge is -2.13. The zero-order chi connectivity index (χ0) is 21.0. The summed E-state index contributed by atoms with van der Waals surface area (Å²) in [6, 6.07) is 10.9. The van der Waals surface area contributed by atoms with Crippen LogP contribution >= 0.6 is 0 Å². The molecule has 0 atom stereocenters. The number of anilines is 1. The number of amides is 1. The predicted molar refractivity (Wildman–Crippen MR) is 103 cm³/mol. The number of carbonyl (C=O) groups excluding carboxylic acids is 1. The summed E-state index contributed by atoms with van der Waals surface area (Å²) in [6.07, 6.45) is -5.29. The van der Waals surface area contributed by atoms with E-state index >= 15 is 0 Å². The van der Waals surface area contributed by atoms with Crippen LogP contribution in [0.3, 0.4) is 0 Å². The molecule has 2 N–H and O–H groups in total. The van der Waals surface area contributed by atoms with E-state index in [4.69, 9.17) is 4.74 Å². The lowest BCUT2D eigenvalue weighted by Crippen LogP contribution is -2.15. The van der Waals surface area contributed by atoms with Gasteiger partial charge in [0.1, 0.15) is 0 Å². The van der Waals surface area contributed by atoms with Crippen molar-refractivity contribution >= 4 is 22.6 Å². The number of hydrogen-bond donors (Lipinski definition) is 2. The number of H-pyrrole nitrogens is 1. The highest BCUT2D eigenvalue weighted by Gasteiger charge is 2.33. The van der Waals surface area contributed by atoms with E-state index in [1.54, 1.807) is 6.92 Å². The van der Waals surface area contributed by atoms with Crippen LogP contribution in [0.5, 0.6) is 0 Å². The largest absolute Gasteiger partial charge is 0.436 e. The van der Waals surface area contributed by atoms with E-state index in [1.165, 1.54) is 42.5 Å². The molecule has 0 aliphatic carbocycles. The van der Waals surface area contributed by atoms with Crippen LogP contribution in [0.15, 0.2) is 53.3 Å². The number of hydrogen-bond acceptors (Lipinski definition) is 3. The van der Waals surface area contributed by atoms with E-state index in [2.05, 4.69) is 22.1 Å². The molecule has 3 rings (SSSR count). The third-order valence-corrected chi connectivity index (χ3v) is 4.07. The first kappa shape index (κ1) is 20.0. The molecule has 0 aliphatic rings. The fourth-order valence-electron chi connectivity index (χ4n) is 2.78. The maximum Gasteiger partial charge on any atom is 0.417 e. The van der Waals surface area contributed by atoms with Crippen LogP contribution in [-0.2, 0) is 10.9 Å². The van der Waals surface area contributed by atoms with Crippen LogP contribution in [0.2, 0.25) is 0 Å². The molecule has 5 nitrogen and oxygen atoms in total. The molecule has 0 spiro atoms. The highest BCUT2D eigenvalue weighted by Crippen LogP contribution is 2.36. The lowest BCUT2D eigenvalue weighted by atomic mass is 10.0. The second-order valence-corrected chi connectivity index (χ2v) is 5.99. The zero-order valence-electron chi connectivity index (χ0n) is 15.2. The first-order valence-corrected chi connectivity index (χ1v) is 8.46. The van der Waals surface area contributed by atoms with Gasteiger partial charge in [-0.05, 0) is 36.6 Å². The first-order valence-electron chi connectivity index (χ1n) is 8.46. The van der Waals surface area contributed by atoms with Crippen LogP contribution in [0.25, 0.3) is 22.0 Å². The molecule has 3 aromatic rings. The molecule has 1 heterocycles. The van der Waals surface area contributed by atoms with Crippen molar-refractivity contribution < 1.29 is 22.7 Å². The summed E-state index contributed by atoms with van der Waals surface area (Å²) >= 11 is 0. The van der Waals surface area contributed by atoms with Gasteiger partial charge in [0.25, 0.3) is 5.56 Å². The third-order valence-electron chi connectivity index (χ3n) is 4.07. The van der Waals surface area contributed by atoms with E-state index in [0.29, 0.717) is 11.1 Å². The summed E-state index contributed by atoms with van der Waals surface area (Å²) in [5, 5.41) is 3.10. The van der Waals surface area contributed by atoms with E-state index < -0.39 is 23.4 Å². The van der Waals surface area contributed by atoms with Gasteiger partial charge in [0.15, 0.2) is 6.61 Å². The van der Waals surface area contributed by atoms with Gasteiger partial charge >= 0.3 is 12.3 Å². The normalized spacial score (nSPS) is 10.9. The average molecular weight is 400 g/mol. The third kappa shape index (κ3) is 4.58. The minimum Gasteiger partial charge on any atom is -0.436 e. The molecule has 29 heavy (non-hydrogen) atoms. The zero-order valence-corrected chi connectivity index (χ0v) is 15.2. The minimum absolute atomic E-state index is 0.0497. The van der Waals surface area contributed by atoms with Gasteiger partial charge in [-0.25, -0.2) is 4.79 Å². The van der Waals surface area contributed by atoms with Crippen LogP contribution < -0.4 is 10.9 Å². The molecule has 148 valence electrons.